The van der Waals surface area contributed by atoms with Gasteiger partial charge in [0.1, 0.15) is 0 Å². The van der Waals surface area contributed by atoms with Crippen LogP contribution in [0.2, 0.25) is 0 Å². The van der Waals surface area contributed by atoms with Crippen molar-refractivity contribution < 1.29 is 4.79 Å². The molecule has 2 aromatic heterocycles. The third-order valence-corrected chi connectivity index (χ3v) is 3.41. The summed E-state index contributed by atoms with van der Waals surface area (Å²) < 4.78 is 1.73. The number of amides is 1. The van der Waals surface area contributed by atoms with Crippen molar-refractivity contribution in [3.05, 3.63) is 23.0 Å². The maximum atomic E-state index is 12.4. The van der Waals surface area contributed by atoms with Gasteiger partial charge in [-0.1, -0.05) is 19.8 Å². The second-order valence-electron chi connectivity index (χ2n) is 5.18. The van der Waals surface area contributed by atoms with Crippen molar-refractivity contribution in [2.45, 2.75) is 40.0 Å². The molecule has 0 spiro atoms. The third kappa shape index (κ3) is 2.81. The monoisotopic (exact) mass is 274 g/mol. The number of nitrogens with zero attached hydrogens (tertiary/aromatic N) is 3. The number of rotatable bonds is 5. The van der Waals surface area contributed by atoms with Crippen LogP contribution in [0.1, 0.15) is 47.9 Å². The van der Waals surface area contributed by atoms with Crippen molar-refractivity contribution in [2.75, 3.05) is 6.54 Å². The smallest absolute Gasteiger partial charge is 0.252 e. The molecule has 0 aliphatic carbocycles. The van der Waals surface area contributed by atoms with Gasteiger partial charge in [-0.2, -0.15) is 5.10 Å². The third-order valence-electron chi connectivity index (χ3n) is 3.41. The molecule has 0 aliphatic heterocycles. The Morgan fingerprint density at radius 2 is 2.10 bits per heavy atom. The molecule has 2 heterocycles. The zero-order valence-electron chi connectivity index (χ0n) is 12.7. The van der Waals surface area contributed by atoms with Gasteiger partial charge in [0, 0.05) is 19.3 Å². The van der Waals surface area contributed by atoms with Gasteiger partial charge >= 0.3 is 0 Å². The van der Waals surface area contributed by atoms with E-state index >= 15 is 0 Å². The van der Waals surface area contributed by atoms with Crippen LogP contribution in [0.4, 0.5) is 0 Å². The van der Waals surface area contributed by atoms with Crippen molar-refractivity contribution in [1.82, 2.24) is 20.1 Å². The van der Waals surface area contributed by atoms with Crippen LogP contribution in [0.15, 0.2) is 6.07 Å². The van der Waals surface area contributed by atoms with Crippen molar-refractivity contribution in [2.24, 2.45) is 7.05 Å². The number of hydrogen-bond acceptors (Lipinski definition) is 3. The highest BCUT2D eigenvalue weighted by molar-refractivity contribution is 6.06. The Balaban J connectivity index is 2.31. The summed E-state index contributed by atoms with van der Waals surface area (Å²) in [6.07, 6.45) is 3.30. The Labute approximate surface area is 119 Å². The fourth-order valence-electron chi connectivity index (χ4n) is 2.42. The van der Waals surface area contributed by atoms with Gasteiger partial charge in [-0.05, 0) is 26.3 Å². The molecule has 0 aliphatic rings. The van der Waals surface area contributed by atoms with Crippen LogP contribution in [0.3, 0.4) is 0 Å². The Morgan fingerprint density at radius 3 is 2.80 bits per heavy atom. The minimum atomic E-state index is -0.0345. The number of unbranched alkanes of at least 4 members (excludes halogenated alkanes) is 2. The van der Waals surface area contributed by atoms with E-state index in [0.29, 0.717) is 5.56 Å². The van der Waals surface area contributed by atoms with E-state index < -0.39 is 0 Å². The molecule has 5 heteroatoms. The van der Waals surface area contributed by atoms with Gasteiger partial charge in [0.15, 0.2) is 5.65 Å². The van der Waals surface area contributed by atoms with Crippen molar-refractivity contribution in [1.29, 1.82) is 0 Å². The molecule has 2 rings (SSSR count). The lowest BCUT2D eigenvalue weighted by Crippen LogP contribution is -2.25. The normalized spacial score (nSPS) is 11.0. The number of aromatic nitrogens is 3. The number of pyridine rings is 1. The van der Waals surface area contributed by atoms with Crippen LogP contribution in [-0.2, 0) is 7.05 Å². The highest BCUT2D eigenvalue weighted by Gasteiger charge is 2.17. The molecule has 0 unspecified atom stereocenters. The van der Waals surface area contributed by atoms with Crippen LogP contribution >= 0.6 is 0 Å². The van der Waals surface area contributed by atoms with Crippen LogP contribution < -0.4 is 5.32 Å². The van der Waals surface area contributed by atoms with E-state index in [0.717, 1.165) is 48.2 Å². The van der Waals surface area contributed by atoms with Crippen LogP contribution in [-0.4, -0.2) is 27.2 Å². The Hall–Kier alpha value is -1.91. The Bertz CT molecular complexity index is 630. The largest absolute Gasteiger partial charge is 0.352 e. The summed E-state index contributed by atoms with van der Waals surface area (Å²) in [5.41, 5.74) is 3.11. The molecule has 0 saturated carbocycles. The molecule has 1 N–H and O–H groups in total. The average Bonchev–Trinajstić information content (AvgIpc) is 2.69. The van der Waals surface area contributed by atoms with Gasteiger partial charge in [-0.25, -0.2) is 4.98 Å². The molecule has 1 amide bonds. The summed E-state index contributed by atoms with van der Waals surface area (Å²) in [5.74, 6) is -0.0345. The first-order chi connectivity index (χ1) is 9.54. The fraction of sp³-hybridized carbons (Fsp3) is 0.533. The predicted octanol–water partition coefficient (Wildman–Crippen LogP) is 2.51. The van der Waals surface area contributed by atoms with Gasteiger partial charge < -0.3 is 5.32 Å². The fourth-order valence-corrected chi connectivity index (χ4v) is 2.42. The molecule has 0 atom stereocenters. The minimum Gasteiger partial charge on any atom is -0.352 e. The summed E-state index contributed by atoms with van der Waals surface area (Å²) >= 11 is 0. The first kappa shape index (κ1) is 14.5. The number of carbonyl (C=O) groups is 1. The SMILES string of the molecule is CCCCCNC(=O)c1cc(C)nc2c1c(C)nn2C. The summed E-state index contributed by atoms with van der Waals surface area (Å²) in [5, 5.41) is 8.20. The van der Waals surface area contributed by atoms with Crippen molar-refractivity contribution in [3.63, 3.8) is 0 Å². The van der Waals surface area contributed by atoms with E-state index in [1.54, 1.807) is 4.68 Å². The zero-order chi connectivity index (χ0) is 14.7. The second-order valence-corrected chi connectivity index (χ2v) is 5.18. The summed E-state index contributed by atoms with van der Waals surface area (Å²) in [7, 11) is 1.85. The highest BCUT2D eigenvalue weighted by atomic mass is 16.1. The number of aryl methyl sites for hydroxylation is 3. The molecule has 0 aromatic carbocycles. The Morgan fingerprint density at radius 1 is 1.35 bits per heavy atom. The molecule has 20 heavy (non-hydrogen) atoms. The molecule has 0 saturated heterocycles. The van der Waals surface area contributed by atoms with Crippen LogP contribution in [0.25, 0.3) is 11.0 Å². The summed E-state index contributed by atoms with van der Waals surface area (Å²) in [6.45, 7) is 6.67. The highest BCUT2D eigenvalue weighted by Crippen LogP contribution is 2.21. The van der Waals surface area contributed by atoms with E-state index in [-0.39, 0.29) is 5.91 Å². The van der Waals surface area contributed by atoms with Crippen molar-refractivity contribution in [3.8, 4) is 0 Å². The van der Waals surface area contributed by atoms with Crippen LogP contribution in [0.5, 0.6) is 0 Å². The topological polar surface area (TPSA) is 59.8 Å². The molecular formula is C15H22N4O. The lowest BCUT2D eigenvalue weighted by Gasteiger charge is -2.07. The quantitative estimate of drug-likeness (QED) is 0.852. The van der Waals surface area contributed by atoms with Crippen LogP contribution in [0, 0.1) is 13.8 Å². The van der Waals surface area contributed by atoms with Gasteiger partial charge in [0.2, 0.25) is 0 Å². The molecule has 0 fully saturated rings. The van der Waals surface area contributed by atoms with Gasteiger partial charge in [-0.15, -0.1) is 0 Å². The number of nitrogens with one attached hydrogen (secondary N) is 1. The lowest BCUT2D eigenvalue weighted by molar-refractivity contribution is 0.0954. The van der Waals surface area contributed by atoms with E-state index in [1.807, 2.05) is 27.0 Å². The van der Waals surface area contributed by atoms with Crippen molar-refractivity contribution >= 4 is 16.9 Å². The number of fused-ring (bicyclic) bond motifs is 1. The molecule has 0 radical (unpaired) electrons. The van der Waals surface area contributed by atoms with E-state index in [4.69, 9.17) is 0 Å². The molecule has 5 nitrogen and oxygen atoms in total. The standard InChI is InChI=1S/C15H22N4O/c1-5-6-7-8-16-15(20)12-9-10(2)17-14-13(12)11(3)18-19(14)4/h9H,5-8H2,1-4H3,(H,16,20). The van der Waals surface area contributed by atoms with E-state index in [2.05, 4.69) is 22.3 Å². The second kappa shape index (κ2) is 6.03. The molecule has 0 bridgehead atoms. The first-order valence-electron chi connectivity index (χ1n) is 7.13. The molecular weight excluding hydrogens is 252 g/mol. The number of hydrogen-bond donors (Lipinski definition) is 1. The predicted molar refractivity (Wildman–Crippen MR) is 79.8 cm³/mol. The van der Waals surface area contributed by atoms with Gasteiger partial charge in [0.25, 0.3) is 5.91 Å². The van der Waals surface area contributed by atoms with Gasteiger partial charge in [0.05, 0.1) is 16.6 Å². The Kier molecular flexibility index (Phi) is 4.37. The first-order valence-corrected chi connectivity index (χ1v) is 7.13. The number of carbonyl (C=O) groups excluding carboxylic acids is 1. The summed E-state index contributed by atoms with van der Waals surface area (Å²) in [4.78, 5) is 16.8. The summed E-state index contributed by atoms with van der Waals surface area (Å²) in [6, 6.07) is 1.84. The maximum absolute atomic E-state index is 12.4. The van der Waals surface area contributed by atoms with E-state index in [1.165, 1.54) is 0 Å². The minimum absolute atomic E-state index is 0.0345. The van der Waals surface area contributed by atoms with Gasteiger partial charge in [-0.3, -0.25) is 9.48 Å². The molecule has 2 aromatic rings. The maximum Gasteiger partial charge on any atom is 0.252 e. The zero-order valence-corrected chi connectivity index (χ0v) is 12.7. The molecule has 108 valence electrons. The average molecular weight is 274 g/mol. The van der Waals surface area contributed by atoms with E-state index in [9.17, 15) is 4.79 Å². The lowest BCUT2D eigenvalue weighted by atomic mass is 10.1.